The molecule has 0 radical (unpaired) electrons. The third-order valence-corrected chi connectivity index (χ3v) is 4.99. The Balaban J connectivity index is 1.31. The number of piperidine rings is 1. The van der Waals surface area contributed by atoms with Gasteiger partial charge in [0.05, 0.1) is 11.7 Å². The molecule has 2 aromatic heterocycles. The number of nitrogens with zero attached hydrogens (tertiary/aromatic N) is 4. The molecule has 0 bridgehead atoms. The first-order valence-corrected chi connectivity index (χ1v) is 9.03. The van der Waals surface area contributed by atoms with Crippen LogP contribution in [-0.4, -0.2) is 39.3 Å². The van der Waals surface area contributed by atoms with Gasteiger partial charge in [0.1, 0.15) is 12.1 Å². The zero-order chi connectivity index (χ0) is 17.1. The summed E-state index contributed by atoms with van der Waals surface area (Å²) in [6.07, 6.45) is 6.77. The third-order valence-electron chi connectivity index (χ3n) is 4.99. The van der Waals surface area contributed by atoms with E-state index in [0.717, 1.165) is 61.3 Å². The van der Waals surface area contributed by atoms with Gasteiger partial charge in [-0.15, -0.1) is 0 Å². The average molecular weight is 336 g/mol. The largest absolute Gasteiger partial charge is 0.356 e. The SMILES string of the molecule is CCc1cc(N2CCC(NCc3ccc4cn[nH]c4c3)CC2)ncn1. The lowest BCUT2D eigenvalue weighted by Crippen LogP contribution is -2.42. The summed E-state index contributed by atoms with van der Waals surface area (Å²) in [5.41, 5.74) is 3.51. The topological polar surface area (TPSA) is 69.7 Å². The van der Waals surface area contributed by atoms with Crippen molar-refractivity contribution >= 4 is 16.7 Å². The Kier molecular flexibility index (Phi) is 4.61. The van der Waals surface area contributed by atoms with Crippen LogP contribution in [0.1, 0.15) is 31.0 Å². The van der Waals surface area contributed by atoms with Crippen LogP contribution in [0.5, 0.6) is 0 Å². The predicted molar refractivity (Wildman–Crippen MR) is 99.6 cm³/mol. The van der Waals surface area contributed by atoms with Gasteiger partial charge < -0.3 is 10.2 Å². The van der Waals surface area contributed by atoms with E-state index in [9.17, 15) is 0 Å². The van der Waals surface area contributed by atoms with Crippen molar-refractivity contribution in [3.05, 3.63) is 48.0 Å². The van der Waals surface area contributed by atoms with Crippen molar-refractivity contribution in [2.45, 2.75) is 38.8 Å². The molecule has 1 saturated heterocycles. The predicted octanol–water partition coefficient (Wildman–Crippen LogP) is 2.67. The van der Waals surface area contributed by atoms with E-state index < -0.39 is 0 Å². The summed E-state index contributed by atoms with van der Waals surface area (Å²) in [6.45, 7) is 5.10. The number of aromatic amines is 1. The highest BCUT2D eigenvalue weighted by atomic mass is 15.2. The molecule has 4 rings (SSSR count). The summed E-state index contributed by atoms with van der Waals surface area (Å²) in [6, 6.07) is 9.15. The molecule has 1 aliphatic rings. The average Bonchev–Trinajstić information content (AvgIpc) is 3.14. The fourth-order valence-electron chi connectivity index (χ4n) is 3.42. The molecule has 3 heterocycles. The second-order valence-corrected chi connectivity index (χ2v) is 6.65. The van der Waals surface area contributed by atoms with Crippen LogP contribution in [0.4, 0.5) is 5.82 Å². The quantitative estimate of drug-likeness (QED) is 0.750. The normalized spacial score (nSPS) is 15.8. The van der Waals surface area contributed by atoms with Crippen LogP contribution >= 0.6 is 0 Å². The molecule has 0 amide bonds. The van der Waals surface area contributed by atoms with Crippen LogP contribution in [0.15, 0.2) is 36.8 Å². The summed E-state index contributed by atoms with van der Waals surface area (Å²) in [7, 11) is 0. The van der Waals surface area contributed by atoms with Gasteiger partial charge in [-0.3, -0.25) is 5.10 Å². The van der Waals surface area contributed by atoms with E-state index in [1.807, 2.05) is 6.20 Å². The number of rotatable bonds is 5. The molecule has 3 aromatic rings. The number of benzene rings is 1. The molecule has 130 valence electrons. The van der Waals surface area contributed by atoms with Gasteiger partial charge in [-0.25, -0.2) is 9.97 Å². The Bertz CT molecular complexity index is 835. The number of fused-ring (bicyclic) bond motifs is 1. The second-order valence-electron chi connectivity index (χ2n) is 6.65. The summed E-state index contributed by atoms with van der Waals surface area (Å²) >= 11 is 0. The molecule has 1 aromatic carbocycles. The van der Waals surface area contributed by atoms with Crippen molar-refractivity contribution in [2.75, 3.05) is 18.0 Å². The van der Waals surface area contributed by atoms with Gasteiger partial charge in [-0.1, -0.05) is 19.1 Å². The van der Waals surface area contributed by atoms with Crippen molar-refractivity contribution in [1.82, 2.24) is 25.5 Å². The van der Waals surface area contributed by atoms with Gasteiger partial charge in [0.25, 0.3) is 0 Å². The van der Waals surface area contributed by atoms with Gasteiger partial charge in [0.2, 0.25) is 0 Å². The maximum absolute atomic E-state index is 4.44. The lowest BCUT2D eigenvalue weighted by molar-refractivity contribution is 0.412. The molecule has 0 spiro atoms. The smallest absolute Gasteiger partial charge is 0.132 e. The minimum atomic E-state index is 0.557. The molecule has 1 aliphatic heterocycles. The molecule has 0 saturated carbocycles. The number of hydrogen-bond donors (Lipinski definition) is 2. The Morgan fingerprint density at radius 2 is 2.08 bits per heavy atom. The molecule has 2 N–H and O–H groups in total. The van der Waals surface area contributed by atoms with Crippen molar-refractivity contribution in [3.63, 3.8) is 0 Å². The van der Waals surface area contributed by atoms with Crippen LogP contribution in [0, 0.1) is 0 Å². The molecule has 6 nitrogen and oxygen atoms in total. The van der Waals surface area contributed by atoms with E-state index in [0.29, 0.717) is 6.04 Å². The van der Waals surface area contributed by atoms with Gasteiger partial charge in [0, 0.05) is 42.8 Å². The summed E-state index contributed by atoms with van der Waals surface area (Å²) in [5.74, 6) is 1.06. The number of anilines is 1. The van der Waals surface area contributed by atoms with E-state index in [1.54, 1.807) is 6.33 Å². The van der Waals surface area contributed by atoms with Crippen molar-refractivity contribution in [2.24, 2.45) is 0 Å². The Morgan fingerprint density at radius 1 is 1.20 bits per heavy atom. The minimum absolute atomic E-state index is 0.557. The number of hydrogen-bond acceptors (Lipinski definition) is 5. The van der Waals surface area contributed by atoms with Gasteiger partial charge in [0.15, 0.2) is 0 Å². The zero-order valence-corrected chi connectivity index (χ0v) is 14.6. The maximum Gasteiger partial charge on any atom is 0.132 e. The maximum atomic E-state index is 4.44. The first kappa shape index (κ1) is 16.0. The number of aromatic nitrogens is 4. The van der Waals surface area contributed by atoms with E-state index in [-0.39, 0.29) is 0 Å². The van der Waals surface area contributed by atoms with E-state index in [4.69, 9.17) is 0 Å². The summed E-state index contributed by atoms with van der Waals surface area (Å²) < 4.78 is 0. The van der Waals surface area contributed by atoms with Gasteiger partial charge in [-0.2, -0.15) is 5.10 Å². The highest BCUT2D eigenvalue weighted by Gasteiger charge is 2.20. The van der Waals surface area contributed by atoms with Crippen LogP contribution in [0.2, 0.25) is 0 Å². The van der Waals surface area contributed by atoms with Gasteiger partial charge >= 0.3 is 0 Å². The van der Waals surface area contributed by atoms with Crippen molar-refractivity contribution in [3.8, 4) is 0 Å². The van der Waals surface area contributed by atoms with Crippen LogP contribution in [0.3, 0.4) is 0 Å². The molecule has 0 unspecified atom stereocenters. The third kappa shape index (κ3) is 3.64. The van der Waals surface area contributed by atoms with Gasteiger partial charge in [-0.05, 0) is 30.9 Å². The zero-order valence-electron chi connectivity index (χ0n) is 14.6. The lowest BCUT2D eigenvalue weighted by Gasteiger charge is -2.33. The number of aryl methyl sites for hydroxylation is 1. The highest BCUT2D eigenvalue weighted by Crippen LogP contribution is 2.19. The fraction of sp³-hybridized carbons (Fsp3) is 0.421. The Hall–Kier alpha value is -2.47. The summed E-state index contributed by atoms with van der Waals surface area (Å²) in [4.78, 5) is 11.1. The highest BCUT2D eigenvalue weighted by molar-refractivity contribution is 5.78. The first-order chi connectivity index (χ1) is 12.3. The minimum Gasteiger partial charge on any atom is -0.356 e. The Labute approximate surface area is 147 Å². The molecule has 25 heavy (non-hydrogen) atoms. The molecule has 1 fully saturated rings. The molecule has 6 heteroatoms. The van der Waals surface area contributed by atoms with Crippen molar-refractivity contribution < 1.29 is 0 Å². The van der Waals surface area contributed by atoms with E-state index in [2.05, 4.69) is 61.6 Å². The van der Waals surface area contributed by atoms with Crippen LogP contribution in [-0.2, 0) is 13.0 Å². The molecular weight excluding hydrogens is 312 g/mol. The monoisotopic (exact) mass is 336 g/mol. The molecule has 0 aliphatic carbocycles. The van der Waals surface area contributed by atoms with Crippen LogP contribution < -0.4 is 10.2 Å². The molecular formula is C19H24N6. The number of nitrogens with one attached hydrogen (secondary N) is 2. The Morgan fingerprint density at radius 3 is 2.92 bits per heavy atom. The lowest BCUT2D eigenvalue weighted by atomic mass is 10.0. The first-order valence-electron chi connectivity index (χ1n) is 9.03. The summed E-state index contributed by atoms with van der Waals surface area (Å²) in [5, 5.41) is 12.0. The van der Waals surface area contributed by atoms with Crippen molar-refractivity contribution in [1.29, 1.82) is 0 Å². The number of H-pyrrole nitrogens is 1. The van der Waals surface area contributed by atoms with E-state index in [1.165, 1.54) is 5.56 Å². The van der Waals surface area contributed by atoms with Crippen LogP contribution in [0.25, 0.3) is 10.9 Å². The fourth-order valence-corrected chi connectivity index (χ4v) is 3.42. The van der Waals surface area contributed by atoms with E-state index >= 15 is 0 Å². The molecule has 0 atom stereocenters. The standard InChI is InChI=1S/C19H24N6/c1-2-16-10-19(22-13-21-16)25-7-5-17(6-8-25)20-11-14-3-4-15-12-23-24-18(15)9-14/h3-4,9-10,12-13,17,20H,2,5-8,11H2,1H3,(H,23,24). The second kappa shape index (κ2) is 7.19.